The Balaban J connectivity index is 1.88. The fourth-order valence-corrected chi connectivity index (χ4v) is 3.80. The number of aliphatic hydroxyl groups excluding tert-OH is 1. The quantitative estimate of drug-likeness (QED) is 0.622. The molecule has 1 aliphatic heterocycles. The van der Waals surface area contributed by atoms with Gasteiger partial charge in [0.25, 0.3) is 12.3 Å². The first kappa shape index (κ1) is 21.3. The Bertz CT molecular complexity index is 1130. The molecule has 3 aromatic heterocycles. The van der Waals surface area contributed by atoms with Crippen LogP contribution in [0.3, 0.4) is 0 Å². The van der Waals surface area contributed by atoms with Gasteiger partial charge in [-0.05, 0) is 18.2 Å². The molecule has 0 saturated carbocycles. The van der Waals surface area contributed by atoms with Crippen molar-refractivity contribution in [2.45, 2.75) is 18.4 Å². The van der Waals surface area contributed by atoms with Gasteiger partial charge in [0.15, 0.2) is 0 Å². The average molecular weight is 432 g/mol. The predicted octanol–water partition coefficient (Wildman–Crippen LogP) is 2.77. The van der Waals surface area contributed by atoms with Crippen LogP contribution >= 0.6 is 0 Å². The van der Waals surface area contributed by atoms with Crippen molar-refractivity contribution in [2.24, 2.45) is 7.05 Å². The molecule has 0 aromatic carbocycles. The highest BCUT2D eigenvalue weighted by atomic mass is 19.3. The van der Waals surface area contributed by atoms with Gasteiger partial charge in [-0.3, -0.25) is 4.79 Å². The number of carbonyl (C=O) groups excluding carboxylic acids is 1. The van der Waals surface area contributed by atoms with Gasteiger partial charge < -0.3 is 24.5 Å². The first-order chi connectivity index (χ1) is 14.9. The number of nitrogens with zero attached hydrogens (tertiary/aromatic N) is 3. The van der Waals surface area contributed by atoms with Crippen LogP contribution in [0.4, 0.5) is 14.6 Å². The van der Waals surface area contributed by atoms with Gasteiger partial charge in [-0.15, -0.1) is 0 Å². The average Bonchev–Trinajstić information content (AvgIpc) is 3.39. The molecule has 0 unspecified atom stereocenters. The largest absolute Gasteiger partial charge is 0.387 e. The summed E-state index contributed by atoms with van der Waals surface area (Å²) < 4.78 is 40.4. The van der Waals surface area contributed by atoms with Gasteiger partial charge in [-0.25, -0.2) is 18.7 Å². The summed E-state index contributed by atoms with van der Waals surface area (Å²) in [6.07, 6.45) is 1.16. The third kappa shape index (κ3) is 3.89. The highest BCUT2D eigenvalue weighted by Gasteiger charge is 2.39. The number of alkyl halides is 2. The van der Waals surface area contributed by atoms with Gasteiger partial charge in [-0.2, -0.15) is 0 Å². The zero-order valence-electron chi connectivity index (χ0n) is 17.1. The Morgan fingerprint density at radius 3 is 2.87 bits per heavy atom. The van der Waals surface area contributed by atoms with Crippen LogP contribution < -0.4 is 5.32 Å². The van der Waals surface area contributed by atoms with Crippen molar-refractivity contribution in [1.82, 2.24) is 14.5 Å². The molecule has 0 aliphatic carbocycles. The van der Waals surface area contributed by atoms with E-state index in [1.54, 1.807) is 30.1 Å². The maximum Gasteiger partial charge on any atom is 0.263 e. The summed E-state index contributed by atoms with van der Waals surface area (Å²) >= 11 is 0. The molecule has 8 nitrogen and oxygen atoms in total. The fraction of sp³-hybridized carbons (Fsp3) is 0.381. The predicted molar refractivity (Wildman–Crippen MR) is 109 cm³/mol. The lowest BCUT2D eigenvalue weighted by molar-refractivity contribution is -0.118. The molecule has 1 aliphatic rings. The van der Waals surface area contributed by atoms with Crippen LogP contribution in [-0.2, 0) is 26.9 Å². The second kappa shape index (κ2) is 8.29. The monoisotopic (exact) mass is 432 g/mol. The van der Waals surface area contributed by atoms with Gasteiger partial charge >= 0.3 is 0 Å². The molecule has 0 bridgehead atoms. The summed E-state index contributed by atoms with van der Waals surface area (Å²) in [7, 11) is 3.32. The molecule has 0 spiro atoms. The number of hydrogen-bond acceptors (Lipinski definition) is 6. The Hall–Kier alpha value is -2.95. The van der Waals surface area contributed by atoms with Gasteiger partial charge in [0.05, 0.1) is 29.7 Å². The number of aryl methyl sites for hydroxylation is 1. The van der Waals surface area contributed by atoms with E-state index in [0.29, 0.717) is 35.4 Å². The van der Waals surface area contributed by atoms with E-state index in [9.17, 15) is 13.6 Å². The normalized spacial score (nSPS) is 18.8. The molecule has 1 amide bonds. The Kier molecular flexibility index (Phi) is 5.69. The van der Waals surface area contributed by atoms with Crippen LogP contribution in [0.2, 0.25) is 0 Å². The Morgan fingerprint density at radius 1 is 1.42 bits per heavy atom. The third-order valence-electron chi connectivity index (χ3n) is 5.51. The highest BCUT2D eigenvalue weighted by Crippen LogP contribution is 2.38. The summed E-state index contributed by atoms with van der Waals surface area (Å²) in [6, 6.07) is 4.35. The number of anilines is 1. The molecule has 4 rings (SSSR count). The van der Waals surface area contributed by atoms with E-state index in [4.69, 9.17) is 14.6 Å². The fourth-order valence-electron chi connectivity index (χ4n) is 3.80. The summed E-state index contributed by atoms with van der Waals surface area (Å²) in [6.45, 7) is 0.0148. The summed E-state index contributed by atoms with van der Waals surface area (Å²) in [5.74, 6) is -0.366. The van der Waals surface area contributed by atoms with Crippen molar-refractivity contribution in [3.05, 3.63) is 41.9 Å². The number of nitrogens with one attached hydrogen (secondary N) is 1. The summed E-state index contributed by atoms with van der Waals surface area (Å²) in [4.78, 5) is 20.4. The summed E-state index contributed by atoms with van der Waals surface area (Å²) in [5, 5.41) is 12.1. The number of halogens is 2. The number of fused-ring (bicyclic) bond motifs is 1. The van der Waals surface area contributed by atoms with E-state index in [2.05, 4.69) is 15.3 Å². The molecule has 164 valence electrons. The van der Waals surface area contributed by atoms with E-state index < -0.39 is 24.5 Å². The number of rotatable bonds is 6. The first-order valence-corrected chi connectivity index (χ1v) is 9.66. The van der Waals surface area contributed by atoms with E-state index >= 15 is 0 Å². The van der Waals surface area contributed by atoms with Crippen LogP contribution in [0, 0.1) is 0 Å². The molecule has 0 radical (unpaired) electrons. The second-order valence-corrected chi connectivity index (χ2v) is 7.42. The highest BCUT2D eigenvalue weighted by molar-refractivity contribution is 5.98. The van der Waals surface area contributed by atoms with Crippen molar-refractivity contribution < 1.29 is 28.2 Å². The molecule has 1 atom stereocenters. The molecular formula is C21H22F2N4O4. The summed E-state index contributed by atoms with van der Waals surface area (Å²) in [5.41, 5.74) is 1.03. The van der Waals surface area contributed by atoms with Crippen molar-refractivity contribution in [1.29, 1.82) is 0 Å². The minimum Gasteiger partial charge on any atom is -0.387 e. The first-order valence-electron chi connectivity index (χ1n) is 9.66. The lowest BCUT2D eigenvalue weighted by Gasteiger charge is -2.26. The number of aromatic nitrogens is 3. The van der Waals surface area contributed by atoms with Crippen molar-refractivity contribution in [2.75, 3.05) is 32.2 Å². The SMILES string of the molecule is CO[C@@]1(c2cc(C(F)F)cc(-c3cn(C)c4cnc(NC(=O)CO)cc34)n2)CCOC1. The van der Waals surface area contributed by atoms with Crippen LogP contribution in [0.15, 0.2) is 30.6 Å². The lowest BCUT2D eigenvalue weighted by Crippen LogP contribution is -2.30. The van der Waals surface area contributed by atoms with Crippen molar-refractivity contribution in [3.8, 4) is 11.3 Å². The van der Waals surface area contributed by atoms with Crippen LogP contribution in [0.5, 0.6) is 0 Å². The molecule has 10 heteroatoms. The maximum absolute atomic E-state index is 13.7. The molecular weight excluding hydrogens is 410 g/mol. The van der Waals surface area contributed by atoms with Gasteiger partial charge in [0.1, 0.15) is 18.0 Å². The molecule has 3 aromatic rings. The Morgan fingerprint density at radius 2 is 2.23 bits per heavy atom. The number of amides is 1. The van der Waals surface area contributed by atoms with E-state index in [0.717, 1.165) is 5.52 Å². The van der Waals surface area contributed by atoms with Crippen LogP contribution in [0.25, 0.3) is 22.2 Å². The van der Waals surface area contributed by atoms with E-state index in [-0.39, 0.29) is 18.0 Å². The van der Waals surface area contributed by atoms with Crippen LogP contribution in [0.1, 0.15) is 24.1 Å². The smallest absolute Gasteiger partial charge is 0.263 e. The number of methoxy groups -OCH3 is 1. The molecule has 1 saturated heterocycles. The van der Waals surface area contributed by atoms with Gasteiger partial charge in [-0.1, -0.05) is 0 Å². The standard InChI is InChI=1S/C21H22F2N4O4/c1-27-9-14(13-7-18(24-8-16(13)27)26-19(29)10-28)15-5-12(20(22)23)6-17(25-15)21(30-2)3-4-31-11-21/h5-9,20,28H,3-4,10-11H2,1-2H3,(H,24,26,29)/t21-/m0/s1. The number of hydrogen-bond donors (Lipinski definition) is 2. The third-order valence-corrected chi connectivity index (χ3v) is 5.51. The maximum atomic E-state index is 13.7. The van der Waals surface area contributed by atoms with Gasteiger partial charge in [0.2, 0.25) is 0 Å². The van der Waals surface area contributed by atoms with Crippen LogP contribution in [-0.4, -0.2) is 52.5 Å². The number of aliphatic hydroxyl groups is 1. The number of pyridine rings is 2. The molecule has 4 heterocycles. The lowest BCUT2D eigenvalue weighted by atomic mass is 9.95. The van der Waals surface area contributed by atoms with Gasteiger partial charge in [0, 0.05) is 49.9 Å². The minimum absolute atomic E-state index is 0.164. The molecule has 31 heavy (non-hydrogen) atoms. The second-order valence-electron chi connectivity index (χ2n) is 7.42. The minimum atomic E-state index is -2.69. The van der Waals surface area contributed by atoms with E-state index in [1.165, 1.54) is 19.2 Å². The number of ether oxygens (including phenoxy) is 2. The van der Waals surface area contributed by atoms with Crippen molar-refractivity contribution >= 4 is 22.6 Å². The zero-order valence-corrected chi connectivity index (χ0v) is 17.1. The Labute approximate surface area is 176 Å². The molecule has 1 fully saturated rings. The number of carbonyl (C=O) groups is 1. The zero-order chi connectivity index (χ0) is 22.2. The molecule has 2 N–H and O–H groups in total. The van der Waals surface area contributed by atoms with Crippen molar-refractivity contribution in [3.63, 3.8) is 0 Å². The van der Waals surface area contributed by atoms with E-state index in [1.807, 2.05) is 0 Å². The topological polar surface area (TPSA) is 98.5 Å².